The largest absolute Gasteiger partial charge is 0.480 e. The molecule has 1 saturated heterocycles. The van der Waals surface area contributed by atoms with Crippen molar-refractivity contribution in [3.8, 4) is 5.75 Å². The second kappa shape index (κ2) is 6.59. The van der Waals surface area contributed by atoms with Crippen LogP contribution in [0.2, 0.25) is 0 Å². The Morgan fingerprint density at radius 1 is 1.44 bits per heavy atom. The zero-order valence-corrected chi connectivity index (χ0v) is 13.6. The number of non-ortho nitro benzene ring substituents is 1. The van der Waals surface area contributed by atoms with E-state index in [9.17, 15) is 24.5 Å². The number of thioether (sulfide) groups is 1. The summed E-state index contributed by atoms with van der Waals surface area (Å²) in [6.45, 7) is -0.417. The van der Waals surface area contributed by atoms with Gasteiger partial charge in [-0.2, -0.15) is 0 Å². The van der Waals surface area contributed by atoms with Crippen LogP contribution in [0.5, 0.6) is 5.75 Å². The number of carboxylic acids is 1. The van der Waals surface area contributed by atoms with Crippen LogP contribution in [0, 0.1) is 10.1 Å². The molecule has 11 heteroatoms. The number of nitro groups is 1. The Balaban J connectivity index is 1.82. The molecule has 2 aliphatic rings. The number of benzene rings is 1. The van der Waals surface area contributed by atoms with Gasteiger partial charge in [-0.3, -0.25) is 14.9 Å². The molecule has 0 spiro atoms. The molecule has 2 aliphatic heterocycles. The number of hydrogen-bond acceptors (Lipinski definition) is 8. The number of anilines is 1. The van der Waals surface area contributed by atoms with Gasteiger partial charge in [0.05, 0.1) is 29.1 Å². The van der Waals surface area contributed by atoms with Crippen LogP contribution in [0.3, 0.4) is 0 Å². The molecule has 0 radical (unpaired) electrons. The lowest BCUT2D eigenvalue weighted by Crippen LogP contribution is -2.48. The molecule has 0 saturated carbocycles. The van der Waals surface area contributed by atoms with Gasteiger partial charge in [0.2, 0.25) is 5.91 Å². The van der Waals surface area contributed by atoms with Crippen molar-refractivity contribution < 1.29 is 29.2 Å². The number of ether oxygens (including phenoxy) is 1. The van der Waals surface area contributed by atoms with Crippen LogP contribution in [-0.2, 0) is 14.4 Å². The maximum absolute atomic E-state index is 12.5. The van der Waals surface area contributed by atoms with Gasteiger partial charge in [-0.25, -0.2) is 9.59 Å². The third-order valence-corrected chi connectivity index (χ3v) is 4.86. The van der Waals surface area contributed by atoms with Gasteiger partial charge in [-0.05, 0) is 6.07 Å². The third-order valence-electron chi connectivity index (χ3n) is 3.85. The number of carboxylic acid groups (broad SMARTS) is 1. The van der Waals surface area contributed by atoms with Gasteiger partial charge < -0.3 is 19.6 Å². The average Bonchev–Trinajstić information content (AvgIpc) is 3.04. The molecule has 1 fully saturated rings. The fourth-order valence-electron chi connectivity index (χ4n) is 2.64. The first-order valence-corrected chi connectivity index (χ1v) is 8.36. The minimum absolute atomic E-state index is 0.00355. The molecule has 2 heterocycles. The molecule has 1 aromatic rings. The molecule has 132 valence electrons. The summed E-state index contributed by atoms with van der Waals surface area (Å²) in [5, 5.41) is 20.0. The van der Waals surface area contributed by atoms with E-state index in [4.69, 9.17) is 9.84 Å². The number of amides is 1. The van der Waals surface area contributed by atoms with Crippen LogP contribution in [-0.4, -0.2) is 63.5 Å². The number of aliphatic carboxylic acids is 1. The molecule has 25 heavy (non-hydrogen) atoms. The summed E-state index contributed by atoms with van der Waals surface area (Å²) in [6, 6.07) is 2.88. The summed E-state index contributed by atoms with van der Waals surface area (Å²) in [5.41, 5.74) is 0.138. The van der Waals surface area contributed by atoms with Crippen LogP contribution in [0.25, 0.3) is 0 Å². The lowest BCUT2D eigenvalue weighted by molar-refractivity contribution is -0.384. The Hall–Kier alpha value is -2.82. The Morgan fingerprint density at radius 2 is 2.20 bits per heavy atom. The summed E-state index contributed by atoms with van der Waals surface area (Å²) < 4.78 is 5.01. The normalized spacial score (nSPS) is 19.4. The van der Waals surface area contributed by atoms with E-state index in [1.165, 1.54) is 33.7 Å². The van der Waals surface area contributed by atoms with E-state index < -0.39 is 28.8 Å². The Morgan fingerprint density at radius 3 is 2.88 bits per heavy atom. The summed E-state index contributed by atoms with van der Waals surface area (Å²) in [7, 11) is 0. The number of nitro benzene ring substituents is 1. The topological polar surface area (TPSA) is 130 Å². The molecular formula is C14H13N3O7S. The van der Waals surface area contributed by atoms with Crippen molar-refractivity contribution in [2.45, 2.75) is 6.04 Å². The van der Waals surface area contributed by atoms with Crippen molar-refractivity contribution in [3.63, 3.8) is 0 Å². The van der Waals surface area contributed by atoms with Crippen LogP contribution in [0.15, 0.2) is 18.2 Å². The van der Waals surface area contributed by atoms with E-state index in [2.05, 4.69) is 0 Å². The molecule has 1 N–H and O–H groups in total. The first kappa shape index (κ1) is 17.0. The third kappa shape index (κ3) is 3.36. The number of fused-ring (bicyclic) bond motifs is 1. The molecular weight excluding hydrogens is 354 g/mol. The monoisotopic (exact) mass is 367 g/mol. The van der Waals surface area contributed by atoms with E-state index in [1.54, 1.807) is 0 Å². The van der Waals surface area contributed by atoms with Crippen molar-refractivity contribution in [3.05, 3.63) is 28.3 Å². The first-order valence-electron chi connectivity index (χ1n) is 7.21. The zero-order chi connectivity index (χ0) is 18.1. The highest BCUT2D eigenvalue weighted by molar-refractivity contribution is 7.99. The van der Waals surface area contributed by atoms with E-state index in [0.717, 1.165) is 6.07 Å². The number of hydrogen-bond donors (Lipinski definition) is 1. The zero-order valence-electron chi connectivity index (χ0n) is 12.8. The predicted molar refractivity (Wildman–Crippen MR) is 86.5 cm³/mol. The molecule has 0 bridgehead atoms. The van der Waals surface area contributed by atoms with Crippen molar-refractivity contribution in [2.75, 3.05) is 29.6 Å². The predicted octanol–water partition coefficient (Wildman–Crippen LogP) is 0.306. The van der Waals surface area contributed by atoms with Crippen molar-refractivity contribution >= 4 is 41.0 Å². The van der Waals surface area contributed by atoms with Gasteiger partial charge in [-0.1, -0.05) is 0 Å². The lowest BCUT2D eigenvalue weighted by atomic mass is 10.2. The average molecular weight is 367 g/mol. The van der Waals surface area contributed by atoms with Gasteiger partial charge in [0.25, 0.3) is 5.69 Å². The Labute approximate surface area is 145 Å². The molecule has 1 atom stereocenters. The number of carbonyl (C=O) groups excluding carboxylic acids is 2. The Kier molecular flexibility index (Phi) is 4.49. The van der Waals surface area contributed by atoms with Gasteiger partial charge in [-0.15, -0.1) is 11.8 Å². The number of carbonyl (C=O) groups is 3. The van der Waals surface area contributed by atoms with Gasteiger partial charge in [0.1, 0.15) is 12.6 Å². The summed E-state index contributed by atoms with van der Waals surface area (Å²) in [5.74, 6) is -1.58. The molecule has 0 aromatic heterocycles. The molecule has 0 aliphatic carbocycles. The number of esters is 1. The first-order chi connectivity index (χ1) is 11.9. The minimum Gasteiger partial charge on any atom is -0.480 e. The SMILES string of the molecule is O=C1CN(CC(=O)N2CSCC2C(=O)O)c2ccc([N+](=O)[O-])cc2O1. The molecule has 1 aromatic carbocycles. The highest BCUT2D eigenvalue weighted by Crippen LogP contribution is 2.35. The fraction of sp³-hybridized carbons (Fsp3) is 0.357. The standard InChI is InChI=1S/C14H13N3O7S/c18-12(16-7-25-6-10(16)14(20)21)4-15-5-13(19)24-11-3-8(17(22)23)1-2-9(11)15/h1-3,10H,4-7H2,(H,20,21). The second-order valence-corrected chi connectivity index (χ2v) is 6.46. The number of nitrogens with zero attached hydrogens (tertiary/aromatic N) is 3. The summed E-state index contributed by atoms with van der Waals surface area (Å²) in [6.07, 6.45) is 0. The smallest absolute Gasteiger partial charge is 0.331 e. The van der Waals surface area contributed by atoms with Crippen LogP contribution >= 0.6 is 11.8 Å². The number of rotatable bonds is 4. The van der Waals surface area contributed by atoms with Crippen molar-refractivity contribution in [1.82, 2.24) is 4.90 Å². The van der Waals surface area contributed by atoms with Gasteiger partial charge in [0, 0.05) is 11.8 Å². The summed E-state index contributed by atoms with van der Waals surface area (Å²) >= 11 is 1.34. The Bertz CT molecular complexity index is 769. The van der Waals surface area contributed by atoms with E-state index in [1.807, 2.05) is 0 Å². The van der Waals surface area contributed by atoms with Crippen LogP contribution in [0.1, 0.15) is 0 Å². The van der Waals surface area contributed by atoms with Crippen LogP contribution in [0.4, 0.5) is 11.4 Å². The quantitative estimate of drug-likeness (QED) is 0.346. The molecule has 1 unspecified atom stereocenters. The molecule has 10 nitrogen and oxygen atoms in total. The minimum atomic E-state index is -1.08. The van der Waals surface area contributed by atoms with Crippen molar-refractivity contribution in [2.24, 2.45) is 0 Å². The van der Waals surface area contributed by atoms with Gasteiger partial charge >= 0.3 is 11.9 Å². The molecule has 3 rings (SSSR count). The summed E-state index contributed by atoms with van der Waals surface area (Å²) in [4.78, 5) is 48.3. The lowest BCUT2D eigenvalue weighted by Gasteiger charge is -2.31. The highest BCUT2D eigenvalue weighted by Gasteiger charge is 2.36. The highest BCUT2D eigenvalue weighted by atomic mass is 32.2. The van der Waals surface area contributed by atoms with E-state index >= 15 is 0 Å². The maximum Gasteiger partial charge on any atom is 0.331 e. The van der Waals surface area contributed by atoms with Crippen LogP contribution < -0.4 is 9.64 Å². The van der Waals surface area contributed by atoms with E-state index in [-0.39, 0.29) is 30.4 Å². The van der Waals surface area contributed by atoms with E-state index in [0.29, 0.717) is 11.4 Å². The van der Waals surface area contributed by atoms with Crippen molar-refractivity contribution in [1.29, 1.82) is 0 Å². The maximum atomic E-state index is 12.5. The fourth-order valence-corrected chi connectivity index (χ4v) is 3.82. The molecule has 1 amide bonds. The second-order valence-electron chi connectivity index (χ2n) is 5.46. The van der Waals surface area contributed by atoms with Gasteiger partial charge in [0.15, 0.2) is 5.75 Å².